The zero-order valence-electron chi connectivity index (χ0n) is 17.6. The van der Waals surface area contributed by atoms with Gasteiger partial charge in [0.15, 0.2) is 0 Å². The SMILES string of the molecule is CC(NCc1ccc(S(N)(=O)=O)cc1)C(=O)N1c2ccccc2CC1C.O=C(O)C(=O)O. The van der Waals surface area contributed by atoms with Gasteiger partial charge in [-0.1, -0.05) is 30.3 Å². The molecule has 2 aromatic rings. The fraction of sp³-hybridized carbons (Fsp3) is 0.286. The molecular formula is C21H25N3O7S. The third kappa shape index (κ3) is 6.36. The molecule has 0 saturated carbocycles. The van der Waals surface area contributed by atoms with Gasteiger partial charge < -0.3 is 20.4 Å². The standard InChI is InChI=1S/C19H23N3O3S.C2H2O4/c1-13-11-16-5-3-4-6-18(16)22(13)19(23)14(2)21-12-15-7-9-17(10-8-15)26(20,24)25;3-1(4)2(5)6/h3-10,13-14,21H,11-12H2,1-2H3,(H2,20,24,25);(H,3,4)(H,5,6). The van der Waals surface area contributed by atoms with E-state index in [1.54, 1.807) is 12.1 Å². The summed E-state index contributed by atoms with van der Waals surface area (Å²) in [5.74, 6) is -3.62. The van der Waals surface area contributed by atoms with Crippen molar-refractivity contribution in [2.24, 2.45) is 5.14 Å². The van der Waals surface area contributed by atoms with Crippen LogP contribution in [0, 0.1) is 0 Å². The second-order valence-corrected chi connectivity index (χ2v) is 8.85. The van der Waals surface area contributed by atoms with Crippen molar-refractivity contribution >= 4 is 33.6 Å². The number of carboxylic acids is 2. The summed E-state index contributed by atoms with van der Waals surface area (Å²) in [4.78, 5) is 33.0. The van der Waals surface area contributed by atoms with E-state index in [-0.39, 0.29) is 22.9 Å². The second-order valence-electron chi connectivity index (χ2n) is 7.29. The first-order chi connectivity index (χ1) is 14.9. The minimum absolute atomic E-state index is 0.0311. The Kier molecular flexibility index (Phi) is 8.08. The maximum atomic E-state index is 12.9. The van der Waals surface area contributed by atoms with Gasteiger partial charge in [-0.2, -0.15) is 0 Å². The molecule has 11 heteroatoms. The Morgan fingerprint density at radius 3 is 2.19 bits per heavy atom. The molecule has 32 heavy (non-hydrogen) atoms. The zero-order chi connectivity index (χ0) is 24.1. The number of para-hydroxylation sites is 1. The number of hydrogen-bond donors (Lipinski definition) is 4. The van der Waals surface area contributed by atoms with Crippen LogP contribution in [0.5, 0.6) is 0 Å². The van der Waals surface area contributed by atoms with Gasteiger partial charge in [0.1, 0.15) is 0 Å². The molecule has 3 rings (SSSR count). The van der Waals surface area contributed by atoms with Crippen LogP contribution in [-0.2, 0) is 37.4 Å². The molecule has 172 valence electrons. The fourth-order valence-electron chi connectivity index (χ4n) is 3.27. The van der Waals surface area contributed by atoms with Crippen LogP contribution < -0.4 is 15.4 Å². The average Bonchev–Trinajstić information content (AvgIpc) is 3.07. The number of rotatable bonds is 5. The minimum atomic E-state index is -3.69. The lowest BCUT2D eigenvalue weighted by atomic mass is 10.1. The number of nitrogens with two attached hydrogens (primary N) is 1. The molecule has 2 aromatic carbocycles. The molecular weight excluding hydrogens is 438 g/mol. The van der Waals surface area contributed by atoms with E-state index in [4.69, 9.17) is 24.9 Å². The van der Waals surface area contributed by atoms with Gasteiger partial charge in [0, 0.05) is 18.3 Å². The Balaban J connectivity index is 0.000000534. The predicted octanol–water partition coefficient (Wildman–Crippen LogP) is 0.946. The molecule has 0 saturated heterocycles. The molecule has 5 N–H and O–H groups in total. The molecule has 0 aromatic heterocycles. The van der Waals surface area contributed by atoms with Gasteiger partial charge in [-0.3, -0.25) is 4.79 Å². The topological polar surface area (TPSA) is 167 Å². The molecule has 10 nitrogen and oxygen atoms in total. The van der Waals surface area contributed by atoms with E-state index in [2.05, 4.69) is 18.3 Å². The number of benzene rings is 2. The number of carbonyl (C=O) groups excluding carboxylic acids is 1. The first-order valence-corrected chi connectivity index (χ1v) is 11.2. The first-order valence-electron chi connectivity index (χ1n) is 9.64. The highest BCUT2D eigenvalue weighted by Crippen LogP contribution is 2.32. The lowest BCUT2D eigenvalue weighted by molar-refractivity contribution is -0.159. The van der Waals surface area contributed by atoms with Crippen LogP contribution in [0.15, 0.2) is 53.4 Å². The number of anilines is 1. The summed E-state index contributed by atoms with van der Waals surface area (Å²) in [5.41, 5.74) is 3.06. The van der Waals surface area contributed by atoms with Gasteiger partial charge in [-0.05, 0) is 49.6 Å². The number of hydrogen-bond acceptors (Lipinski definition) is 6. The Morgan fingerprint density at radius 2 is 1.66 bits per heavy atom. The van der Waals surface area contributed by atoms with Crippen LogP contribution in [0.25, 0.3) is 0 Å². The van der Waals surface area contributed by atoms with E-state index in [1.165, 1.54) is 17.7 Å². The monoisotopic (exact) mass is 463 g/mol. The molecule has 0 aliphatic carbocycles. The highest BCUT2D eigenvalue weighted by atomic mass is 32.2. The lowest BCUT2D eigenvalue weighted by Crippen LogP contribution is -2.47. The van der Waals surface area contributed by atoms with Gasteiger partial charge in [0.2, 0.25) is 15.9 Å². The Hall–Kier alpha value is -3.28. The van der Waals surface area contributed by atoms with Crippen molar-refractivity contribution in [3.8, 4) is 0 Å². The van der Waals surface area contributed by atoms with Gasteiger partial charge in [0.25, 0.3) is 0 Å². The van der Waals surface area contributed by atoms with Crippen molar-refractivity contribution in [3.05, 3.63) is 59.7 Å². The quantitative estimate of drug-likeness (QED) is 0.475. The van der Waals surface area contributed by atoms with Gasteiger partial charge in [-0.25, -0.2) is 23.1 Å². The van der Waals surface area contributed by atoms with E-state index in [0.717, 1.165) is 17.7 Å². The van der Waals surface area contributed by atoms with E-state index < -0.39 is 22.0 Å². The molecule has 0 fully saturated rings. The van der Waals surface area contributed by atoms with E-state index in [9.17, 15) is 13.2 Å². The molecule has 1 amide bonds. The normalized spacial score (nSPS) is 15.8. The van der Waals surface area contributed by atoms with Crippen LogP contribution >= 0.6 is 0 Å². The maximum absolute atomic E-state index is 12.9. The van der Waals surface area contributed by atoms with E-state index >= 15 is 0 Å². The molecule has 0 bridgehead atoms. The molecule has 1 heterocycles. The van der Waals surface area contributed by atoms with Crippen LogP contribution in [0.3, 0.4) is 0 Å². The van der Waals surface area contributed by atoms with E-state index in [0.29, 0.717) is 6.54 Å². The summed E-state index contributed by atoms with van der Waals surface area (Å²) in [6, 6.07) is 14.1. The van der Waals surface area contributed by atoms with Gasteiger partial charge >= 0.3 is 11.9 Å². The third-order valence-corrected chi connectivity index (χ3v) is 5.79. The number of fused-ring (bicyclic) bond motifs is 1. The number of nitrogens with zero attached hydrogens (tertiary/aromatic N) is 1. The maximum Gasteiger partial charge on any atom is 0.414 e. The summed E-state index contributed by atoms with van der Waals surface area (Å²) < 4.78 is 22.6. The van der Waals surface area contributed by atoms with Crippen molar-refractivity contribution in [2.45, 2.75) is 43.8 Å². The van der Waals surface area contributed by atoms with Crippen LogP contribution in [0.2, 0.25) is 0 Å². The van der Waals surface area contributed by atoms with E-state index in [1.807, 2.05) is 30.0 Å². The average molecular weight is 464 g/mol. The third-order valence-electron chi connectivity index (χ3n) is 4.86. The lowest BCUT2D eigenvalue weighted by Gasteiger charge is -2.26. The summed E-state index contributed by atoms with van der Waals surface area (Å²) in [6.45, 7) is 4.35. The largest absolute Gasteiger partial charge is 0.473 e. The highest BCUT2D eigenvalue weighted by molar-refractivity contribution is 7.89. The number of carbonyl (C=O) groups is 3. The summed E-state index contributed by atoms with van der Waals surface area (Å²) in [5, 5.41) is 23.1. The molecule has 1 aliphatic rings. The van der Waals surface area contributed by atoms with Gasteiger partial charge in [-0.15, -0.1) is 0 Å². The van der Waals surface area contributed by atoms with Crippen molar-refractivity contribution in [3.63, 3.8) is 0 Å². The number of sulfonamides is 1. The number of nitrogens with one attached hydrogen (secondary N) is 1. The van der Waals surface area contributed by atoms with Crippen LogP contribution in [0.1, 0.15) is 25.0 Å². The smallest absolute Gasteiger partial charge is 0.414 e. The Labute approximate surface area is 185 Å². The van der Waals surface area contributed by atoms with Crippen molar-refractivity contribution < 1.29 is 33.0 Å². The Bertz CT molecular complexity index is 1090. The Morgan fingerprint density at radius 1 is 1.09 bits per heavy atom. The predicted molar refractivity (Wildman–Crippen MR) is 116 cm³/mol. The fourth-order valence-corrected chi connectivity index (χ4v) is 3.78. The first kappa shape index (κ1) is 25.0. The van der Waals surface area contributed by atoms with Gasteiger partial charge in [0.05, 0.1) is 10.9 Å². The van der Waals surface area contributed by atoms with Crippen LogP contribution in [-0.4, -0.2) is 48.6 Å². The highest BCUT2D eigenvalue weighted by Gasteiger charge is 2.32. The number of amides is 1. The molecule has 1 aliphatic heterocycles. The van der Waals surface area contributed by atoms with Crippen molar-refractivity contribution in [1.82, 2.24) is 5.32 Å². The zero-order valence-corrected chi connectivity index (χ0v) is 18.4. The second kappa shape index (κ2) is 10.4. The molecule has 0 radical (unpaired) electrons. The number of primary sulfonamides is 1. The summed E-state index contributed by atoms with van der Waals surface area (Å²) in [6.07, 6.45) is 0.865. The van der Waals surface area contributed by atoms with Crippen LogP contribution in [0.4, 0.5) is 5.69 Å². The van der Waals surface area contributed by atoms with Crippen molar-refractivity contribution in [2.75, 3.05) is 4.90 Å². The summed E-state index contributed by atoms with van der Waals surface area (Å²) in [7, 11) is -3.69. The molecule has 2 atom stereocenters. The van der Waals surface area contributed by atoms with Crippen molar-refractivity contribution in [1.29, 1.82) is 0 Å². The summed E-state index contributed by atoms with van der Waals surface area (Å²) >= 11 is 0. The minimum Gasteiger partial charge on any atom is -0.473 e. The molecule has 0 spiro atoms. The number of aliphatic carboxylic acids is 2. The molecule has 2 unspecified atom stereocenters. The number of carboxylic acid groups (broad SMARTS) is 2.